The van der Waals surface area contributed by atoms with Crippen molar-refractivity contribution in [1.82, 2.24) is 14.5 Å². The van der Waals surface area contributed by atoms with Gasteiger partial charge in [0.2, 0.25) is 0 Å². The predicted molar refractivity (Wildman–Crippen MR) is 202 cm³/mol. The molecular formula is C43H37IrN3OSi-2. The molecule has 0 amide bonds. The molecule has 0 unspecified atom stereocenters. The fourth-order valence-electron chi connectivity index (χ4n) is 6.17. The van der Waals surface area contributed by atoms with Gasteiger partial charge in [0.15, 0.2) is 0 Å². The van der Waals surface area contributed by atoms with Gasteiger partial charge in [-0.05, 0) is 71.2 Å². The zero-order valence-electron chi connectivity index (χ0n) is 29.2. The van der Waals surface area contributed by atoms with Crippen LogP contribution in [0, 0.1) is 26.2 Å². The second-order valence-corrected chi connectivity index (χ2v) is 18.1. The van der Waals surface area contributed by atoms with Crippen LogP contribution in [0.1, 0.15) is 12.5 Å². The molecule has 0 saturated carbocycles. The Balaban J connectivity index is 0.000000215. The second kappa shape index (κ2) is 14.3. The van der Waals surface area contributed by atoms with Crippen LogP contribution in [-0.4, -0.2) is 22.6 Å². The number of nitrogens with zero attached hydrogens (tertiary/aromatic N) is 3. The Morgan fingerprint density at radius 2 is 1.53 bits per heavy atom. The van der Waals surface area contributed by atoms with Gasteiger partial charge in [-0.2, -0.15) is 0 Å². The van der Waals surface area contributed by atoms with Crippen LogP contribution in [0.25, 0.3) is 61.5 Å². The summed E-state index contributed by atoms with van der Waals surface area (Å²) in [4.78, 5) is 9.49. The minimum atomic E-state index is -1.23. The van der Waals surface area contributed by atoms with E-state index in [4.69, 9.17) is 10.8 Å². The fraction of sp³-hybridized carbons (Fsp3) is 0.116. The van der Waals surface area contributed by atoms with Gasteiger partial charge in [0.1, 0.15) is 0 Å². The monoisotopic (exact) mass is 833 g/mol. The van der Waals surface area contributed by atoms with Crippen LogP contribution in [0.4, 0.5) is 0 Å². The fourth-order valence-corrected chi connectivity index (χ4v) is 7.20. The van der Waals surface area contributed by atoms with Gasteiger partial charge >= 0.3 is 0 Å². The van der Waals surface area contributed by atoms with E-state index in [9.17, 15) is 0 Å². The Bertz CT molecular complexity index is 2370. The molecule has 0 bridgehead atoms. The average molecular weight is 833 g/mol. The number of aryl methyl sites for hydroxylation is 2. The number of fused-ring (bicyclic) bond motifs is 2. The van der Waals surface area contributed by atoms with Gasteiger partial charge in [-0.25, -0.2) is 0 Å². The molecule has 0 N–H and O–H groups in total. The summed E-state index contributed by atoms with van der Waals surface area (Å²) in [5, 5.41) is 2.30. The summed E-state index contributed by atoms with van der Waals surface area (Å²) in [6, 6.07) is 44.3. The Kier molecular flexibility index (Phi) is 9.54. The van der Waals surface area contributed by atoms with Crippen molar-refractivity contribution in [2.45, 2.75) is 33.5 Å². The van der Waals surface area contributed by atoms with E-state index in [0.29, 0.717) is 11.6 Å². The second-order valence-electron chi connectivity index (χ2n) is 13.0. The molecule has 4 nitrogen and oxygen atoms in total. The molecule has 0 aliphatic carbocycles. The third-order valence-electron chi connectivity index (χ3n) is 8.60. The molecule has 0 spiro atoms. The Morgan fingerprint density at radius 1 is 0.796 bits per heavy atom. The van der Waals surface area contributed by atoms with Crippen LogP contribution in [0.2, 0.25) is 19.6 Å². The van der Waals surface area contributed by atoms with E-state index in [1.807, 2.05) is 60.8 Å². The zero-order valence-corrected chi connectivity index (χ0v) is 31.6. The average Bonchev–Trinajstić information content (AvgIpc) is 3.70. The van der Waals surface area contributed by atoms with Crippen LogP contribution >= 0.6 is 0 Å². The number of para-hydroxylation sites is 3. The molecule has 49 heavy (non-hydrogen) atoms. The molecule has 8 aromatic rings. The molecule has 3 aromatic heterocycles. The molecule has 5 aromatic carbocycles. The minimum Gasteiger partial charge on any atom is -0.557 e. The maximum Gasteiger partial charge on any atom is 0.0795 e. The van der Waals surface area contributed by atoms with Gasteiger partial charge in [-0.3, -0.25) is 4.98 Å². The molecule has 0 aliphatic rings. The number of hydrogen-bond acceptors (Lipinski definition) is 3. The summed E-state index contributed by atoms with van der Waals surface area (Å²) in [6.07, 6.45) is 5.07. The number of hydrogen-bond donors (Lipinski definition) is 0. The van der Waals surface area contributed by atoms with Gasteiger partial charge < -0.3 is 14.0 Å². The van der Waals surface area contributed by atoms with Crippen molar-refractivity contribution in [3.8, 4) is 39.5 Å². The Labute approximate surface area is 304 Å². The van der Waals surface area contributed by atoms with Crippen molar-refractivity contribution < 1.29 is 25.9 Å². The van der Waals surface area contributed by atoms with Gasteiger partial charge in [0.25, 0.3) is 0 Å². The van der Waals surface area contributed by atoms with E-state index >= 15 is 0 Å². The van der Waals surface area contributed by atoms with Crippen LogP contribution in [-0.2, 0) is 20.1 Å². The Morgan fingerprint density at radius 3 is 2.22 bits per heavy atom. The van der Waals surface area contributed by atoms with Gasteiger partial charge in [0.05, 0.1) is 26.3 Å². The quantitative estimate of drug-likeness (QED) is 0.128. The summed E-state index contributed by atoms with van der Waals surface area (Å²) in [5.74, 6) is 0.777. The molecule has 3 heterocycles. The summed E-state index contributed by atoms with van der Waals surface area (Å²) >= 11 is 0. The van der Waals surface area contributed by atoms with Crippen molar-refractivity contribution in [2.24, 2.45) is 0 Å². The van der Waals surface area contributed by atoms with Crippen molar-refractivity contribution in [1.29, 1.82) is 0 Å². The normalized spacial score (nSPS) is 11.5. The number of benzene rings is 5. The molecule has 6 heteroatoms. The van der Waals surface area contributed by atoms with Crippen molar-refractivity contribution >= 4 is 35.3 Å². The van der Waals surface area contributed by atoms with E-state index in [1.165, 1.54) is 27.4 Å². The molecule has 245 valence electrons. The van der Waals surface area contributed by atoms with Gasteiger partial charge in [0, 0.05) is 43.8 Å². The third-order valence-corrected chi connectivity index (χ3v) is 10.6. The molecule has 0 atom stereocenters. The molecule has 0 fully saturated rings. The molecule has 0 saturated heterocycles. The van der Waals surface area contributed by atoms with Crippen LogP contribution in [0.5, 0.6) is 0 Å². The van der Waals surface area contributed by atoms with Crippen molar-refractivity contribution in [2.75, 3.05) is 0 Å². The van der Waals surface area contributed by atoms with E-state index in [-0.39, 0.29) is 20.1 Å². The third kappa shape index (κ3) is 6.99. The summed E-state index contributed by atoms with van der Waals surface area (Å²) in [5.41, 5.74) is 11.4. The first-order valence-electron chi connectivity index (χ1n) is 16.7. The van der Waals surface area contributed by atoms with Crippen molar-refractivity contribution in [3.63, 3.8) is 0 Å². The van der Waals surface area contributed by atoms with Crippen LogP contribution in [0.15, 0.2) is 138 Å². The smallest absolute Gasteiger partial charge is 0.0795 e. The summed E-state index contributed by atoms with van der Waals surface area (Å²) < 4.78 is 15.8. The van der Waals surface area contributed by atoms with Gasteiger partial charge in [-0.1, -0.05) is 103 Å². The summed E-state index contributed by atoms with van der Waals surface area (Å²) in [7, 11) is -1.23. The molecule has 8 rings (SSSR count). The number of pyridine rings is 1. The maximum atomic E-state index is 7.90. The van der Waals surface area contributed by atoms with E-state index in [1.54, 1.807) is 12.1 Å². The minimum absolute atomic E-state index is 0. The number of furan rings is 1. The first kappa shape index (κ1) is 32.7. The zero-order chi connectivity index (χ0) is 34.1. The van der Waals surface area contributed by atoms with Crippen molar-refractivity contribution in [3.05, 3.63) is 157 Å². The number of rotatable bonds is 5. The molecule has 0 aliphatic heterocycles. The summed E-state index contributed by atoms with van der Waals surface area (Å²) in [6.45, 7) is 11.3. The van der Waals surface area contributed by atoms with E-state index in [2.05, 4.69) is 110 Å². The molecule has 1 radical (unpaired) electrons. The van der Waals surface area contributed by atoms with Gasteiger partial charge in [-0.15, -0.1) is 42.0 Å². The first-order valence-corrected chi connectivity index (χ1v) is 19.7. The number of aromatic nitrogens is 3. The van der Waals surface area contributed by atoms with E-state index in [0.717, 1.165) is 44.8 Å². The van der Waals surface area contributed by atoms with Crippen LogP contribution < -0.4 is 5.19 Å². The Hall–Kier alpha value is -4.87. The molecular weight excluding hydrogens is 795 g/mol. The topological polar surface area (TPSA) is 43.9 Å². The number of imidazole rings is 1. The standard InChI is InChI=1S/C29H21N2O.C14H16NSi.Ir/c1-19-16-22(17-20(2)28(19)21-10-4-3-5-11-21)31-26-14-8-7-13-25(26)30-29(31)24-18-32-27-15-9-6-12-23(24)27;1-16(2,3)13-9-10-14(15-11-13)12-7-5-4-6-8-12;/h3-17H,1-2H3;4-7,9-11H,1-3H3;/q2*-1;/i9D;;. The van der Waals surface area contributed by atoms with Crippen LogP contribution in [0.3, 0.4) is 0 Å². The largest absolute Gasteiger partial charge is 0.557 e. The predicted octanol–water partition coefficient (Wildman–Crippen LogP) is 10.6. The SMILES string of the molecule is C[Si](C)(C)c1ccc(-c2[c-]cccc2)nc1.[2H]c1ccc2c(-c3nc4ccccc4n3-c3cc(C)c(-c4ccccc4)c(C)c3)[c-]oc2c1.[Ir]. The maximum absolute atomic E-state index is 7.90. The first-order chi connectivity index (χ1) is 23.7. The van der Waals surface area contributed by atoms with E-state index < -0.39 is 8.07 Å².